The molecule has 0 N–H and O–H groups in total. The second kappa shape index (κ2) is 5.59. The molecule has 96 valence electrons. The third-order valence-corrected chi connectivity index (χ3v) is 3.28. The summed E-state index contributed by atoms with van der Waals surface area (Å²) >= 11 is 11.9. The molecule has 4 nitrogen and oxygen atoms in total. The maximum atomic E-state index is 6.19. The highest BCUT2D eigenvalue weighted by Crippen LogP contribution is 2.24. The van der Waals surface area contributed by atoms with E-state index in [1.54, 1.807) is 12.4 Å². The van der Waals surface area contributed by atoms with Crippen molar-refractivity contribution in [3.63, 3.8) is 0 Å². The van der Waals surface area contributed by atoms with E-state index in [0.717, 1.165) is 17.2 Å². The summed E-state index contributed by atoms with van der Waals surface area (Å²) in [6, 6.07) is 1.84. The Kier molecular flexibility index (Phi) is 4.09. The van der Waals surface area contributed by atoms with Crippen molar-refractivity contribution < 1.29 is 0 Å². The Hall–Kier alpha value is -1.26. The second-order valence-electron chi connectivity index (χ2n) is 4.09. The molecule has 0 amide bonds. The fourth-order valence-corrected chi connectivity index (χ4v) is 2.14. The van der Waals surface area contributed by atoms with Crippen LogP contribution in [-0.4, -0.2) is 21.6 Å². The minimum absolute atomic E-state index is 0.413. The third kappa shape index (κ3) is 2.76. The number of aryl methyl sites for hydroxylation is 1. The topological polar surface area (TPSA) is 34.0 Å². The third-order valence-electron chi connectivity index (χ3n) is 2.69. The summed E-state index contributed by atoms with van der Waals surface area (Å²) in [5.74, 6) is 2.10. The lowest BCUT2D eigenvalue weighted by molar-refractivity contribution is 0.755. The lowest BCUT2D eigenvalue weighted by Crippen LogP contribution is -2.20. The molecule has 2 rings (SSSR count). The second-order valence-corrected chi connectivity index (χ2v) is 4.77. The van der Waals surface area contributed by atoms with Gasteiger partial charge in [-0.2, -0.15) is 0 Å². The molecule has 2 aromatic heterocycles. The lowest BCUT2D eigenvalue weighted by atomic mass is 10.3. The molecular weight excluding hydrogens is 271 g/mol. The van der Waals surface area contributed by atoms with E-state index < -0.39 is 0 Å². The molecule has 0 bridgehead atoms. The Bertz CT molecular complexity index is 539. The number of hydrogen-bond donors (Lipinski definition) is 0. The largest absolute Gasteiger partial charge is 0.351 e. The van der Waals surface area contributed by atoms with E-state index in [2.05, 4.69) is 9.97 Å². The summed E-state index contributed by atoms with van der Waals surface area (Å²) in [7, 11) is 3.89. The Labute approximate surface area is 116 Å². The van der Waals surface area contributed by atoms with Crippen molar-refractivity contribution in [1.29, 1.82) is 0 Å². The van der Waals surface area contributed by atoms with Crippen molar-refractivity contribution >= 4 is 29.0 Å². The van der Waals surface area contributed by atoms with Gasteiger partial charge < -0.3 is 9.47 Å². The average Bonchev–Trinajstić information content (AvgIpc) is 2.74. The van der Waals surface area contributed by atoms with E-state index in [-0.39, 0.29) is 0 Å². The smallest absolute Gasteiger partial charge is 0.147 e. The molecule has 0 saturated heterocycles. The molecular formula is C12H14Cl2N4. The van der Waals surface area contributed by atoms with E-state index in [4.69, 9.17) is 23.2 Å². The molecule has 0 saturated carbocycles. The molecule has 0 aromatic carbocycles. The van der Waals surface area contributed by atoms with E-state index in [0.29, 0.717) is 17.4 Å². The number of nitrogens with zero attached hydrogens (tertiary/aromatic N) is 4. The molecule has 0 fully saturated rings. The molecule has 0 aliphatic heterocycles. The molecule has 0 atom stereocenters. The number of anilines is 1. The molecule has 6 heteroatoms. The summed E-state index contributed by atoms with van der Waals surface area (Å²) in [5, 5.41) is 0.602. The van der Waals surface area contributed by atoms with E-state index in [1.807, 2.05) is 35.8 Å². The van der Waals surface area contributed by atoms with Crippen LogP contribution in [0.15, 0.2) is 24.7 Å². The molecule has 0 aliphatic rings. The predicted octanol–water partition coefficient (Wildman–Crippen LogP) is 2.84. The maximum absolute atomic E-state index is 6.19. The van der Waals surface area contributed by atoms with Gasteiger partial charge in [-0.1, -0.05) is 11.6 Å². The standard InChI is InChI=1S/C12H14Cl2N4/c1-17-4-3-15-11(17)8-18(2)12-10(14)5-9(6-13)7-16-12/h3-5,7H,6,8H2,1-2H3. The number of imidazole rings is 1. The Morgan fingerprint density at radius 3 is 2.72 bits per heavy atom. The van der Waals surface area contributed by atoms with Crippen LogP contribution in [0.5, 0.6) is 0 Å². The molecule has 0 aliphatic carbocycles. The first-order valence-corrected chi connectivity index (χ1v) is 6.40. The average molecular weight is 285 g/mol. The van der Waals surface area contributed by atoms with Crippen LogP contribution in [0.4, 0.5) is 5.82 Å². The van der Waals surface area contributed by atoms with Crippen LogP contribution in [0, 0.1) is 0 Å². The summed E-state index contributed by atoms with van der Waals surface area (Å²) < 4.78 is 1.97. The zero-order valence-electron chi connectivity index (χ0n) is 10.3. The summed E-state index contributed by atoms with van der Waals surface area (Å²) in [6.07, 6.45) is 5.42. The van der Waals surface area contributed by atoms with Gasteiger partial charge in [-0.25, -0.2) is 9.97 Å². The van der Waals surface area contributed by atoms with Gasteiger partial charge in [0.05, 0.1) is 11.6 Å². The highest BCUT2D eigenvalue weighted by Gasteiger charge is 2.11. The monoisotopic (exact) mass is 284 g/mol. The van der Waals surface area contributed by atoms with Crippen LogP contribution in [0.2, 0.25) is 5.02 Å². The predicted molar refractivity (Wildman–Crippen MR) is 74.1 cm³/mol. The molecule has 2 heterocycles. The van der Waals surface area contributed by atoms with Gasteiger partial charge in [0, 0.05) is 38.6 Å². The molecule has 0 spiro atoms. The quantitative estimate of drug-likeness (QED) is 0.810. The van der Waals surface area contributed by atoms with Gasteiger partial charge in [0.1, 0.15) is 11.6 Å². The Morgan fingerprint density at radius 2 is 2.17 bits per heavy atom. The SMILES string of the molecule is CN(Cc1nccn1C)c1ncc(CCl)cc1Cl. The van der Waals surface area contributed by atoms with Gasteiger partial charge in [-0.15, -0.1) is 11.6 Å². The van der Waals surface area contributed by atoms with Crippen LogP contribution in [-0.2, 0) is 19.5 Å². The number of hydrogen-bond acceptors (Lipinski definition) is 3. The van der Waals surface area contributed by atoms with Crippen LogP contribution in [0.25, 0.3) is 0 Å². The van der Waals surface area contributed by atoms with Crippen molar-refractivity contribution in [2.75, 3.05) is 11.9 Å². The minimum Gasteiger partial charge on any atom is -0.351 e. The van der Waals surface area contributed by atoms with Crippen molar-refractivity contribution in [1.82, 2.24) is 14.5 Å². The highest BCUT2D eigenvalue weighted by atomic mass is 35.5. The van der Waals surface area contributed by atoms with E-state index in [1.165, 1.54) is 0 Å². The lowest BCUT2D eigenvalue weighted by Gasteiger charge is -2.19. The zero-order valence-corrected chi connectivity index (χ0v) is 11.8. The number of alkyl halides is 1. The maximum Gasteiger partial charge on any atom is 0.147 e. The van der Waals surface area contributed by atoms with Crippen LogP contribution >= 0.6 is 23.2 Å². The summed E-state index contributed by atoms with van der Waals surface area (Å²) in [4.78, 5) is 10.6. The number of aromatic nitrogens is 3. The van der Waals surface area contributed by atoms with Gasteiger partial charge in [0.2, 0.25) is 0 Å². The fraction of sp³-hybridized carbons (Fsp3) is 0.333. The first-order chi connectivity index (χ1) is 8.61. The first-order valence-electron chi connectivity index (χ1n) is 5.49. The summed E-state index contributed by atoms with van der Waals surface area (Å²) in [6.45, 7) is 0.649. The van der Waals surface area contributed by atoms with Gasteiger partial charge in [-0.3, -0.25) is 0 Å². The van der Waals surface area contributed by atoms with Gasteiger partial charge in [-0.05, 0) is 11.6 Å². The van der Waals surface area contributed by atoms with E-state index >= 15 is 0 Å². The number of rotatable bonds is 4. The van der Waals surface area contributed by atoms with Crippen LogP contribution in [0.1, 0.15) is 11.4 Å². The molecule has 0 unspecified atom stereocenters. The Morgan fingerprint density at radius 1 is 1.39 bits per heavy atom. The van der Waals surface area contributed by atoms with Crippen LogP contribution < -0.4 is 4.90 Å². The fourth-order valence-electron chi connectivity index (χ4n) is 1.66. The number of halogens is 2. The Balaban J connectivity index is 2.19. The van der Waals surface area contributed by atoms with Crippen molar-refractivity contribution in [3.8, 4) is 0 Å². The normalized spacial score (nSPS) is 10.7. The van der Waals surface area contributed by atoms with Crippen molar-refractivity contribution in [3.05, 3.63) is 41.1 Å². The van der Waals surface area contributed by atoms with Crippen molar-refractivity contribution in [2.45, 2.75) is 12.4 Å². The van der Waals surface area contributed by atoms with Gasteiger partial charge in [0.25, 0.3) is 0 Å². The molecule has 2 aromatic rings. The number of pyridine rings is 1. The minimum atomic E-state index is 0.413. The highest BCUT2D eigenvalue weighted by molar-refractivity contribution is 6.33. The summed E-state index contributed by atoms with van der Waals surface area (Å²) in [5.41, 5.74) is 0.913. The van der Waals surface area contributed by atoms with E-state index in [9.17, 15) is 0 Å². The van der Waals surface area contributed by atoms with Gasteiger partial charge in [0.15, 0.2) is 0 Å². The van der Waals surface area contributed by atoms with Crippen molar-refractivity contribution in [2.24, 2.45) is 7.05 Å². The first kappa shape index (κ1) is 13.2. The van der Waals surface area contributed by atoms with Crippen LogP contribution in [0.3, 0.4) is 0 Å². The molecule has 18 heavy (non-hydrogen) atoms. The zero-order chi connectivity index (χ0) is 13.1. The van der Waals surface area contributed by atoms with Gasteiger partial charge >= 0.3 is 0 Å². The molecule has 0 radical (unpaired) electrons.